The van der Waals surface area contributed by atoms with Crippen LogP contribution < -0.4 is 0 Å². The Morgan fingerprint density at radius 1 is 1.11 bits per heavy atom. The van der Waals surface area contributed by atoms with Crippen LogP contribution in [0, 0.1) is 0 Å². The molecule has 5 nitrogen and oxygen atoms in total. The van der Waals surface area contributed by atoms with Gasteiger partial charge in [0.05, 0.1) is 0 Å². The van der Waals surface area contributed by atoms with E-state index in [9.17, 15) is 0 Å². The quantitative estimate of drug-likeness (QED) is 0.244. The molecule has 0 amide bonds. The van der Waals surface area contributed by atoms with Crippen molar-refractivity contribution in [3.63, 3.8) is 0 Å². The summed E-state index contributed by atoms with van der Waals surface area (Å²) in [6.07, 6.45) is 0.389. The molecule has 0 aliphatic heterocycles. The molecule has 0 saturated carbocycles. The third-order valence-corrected chi connectivity index (χ3v) is 0.0556. The van der Waals surface area contributed by atoms with Crippen LogP contribution in [0.3, 0.4) is 0 Å². The minimum atomic E-state index is -3.13. The van der Waals surface area contributed by atoms with Crippen molar-refractivity contribution in [3.8, 4) is 0 Å². The van der Waals surface area contributed by atoms with Crippen molar-refractivity contribution in [1.82, 2.24) is 0 Å². The molecule has 48 valence electrons. The number of hydrogen-bond donors (Lipinski definition) is 2. The molecule has 0 aromatic carbocycles. The van der Waals surface area contributed by atoms with Crippen molar-refractivity contribution in [2.45, 2.75) is 0 Å². The summed E-state index contributed by atoms with van der Waals surface area (Å²) in [7, 11) is -3.13. The molecule has 0 aromatic heterocycles. The summed E-state index contributed by atoms with van der Waals surface area (Å²) in [6.45, 7) is 0. The summed E-state index contributed by atoms with van der Waals surface area (Å²) in [5, 5.41) is 0. The maximum atomic E-state index is 8.81. The first-order valence-corrected chi connectivity index (χ1v) is 2.76. The maximum absolute atomic E-state index is 8.81. The Balaban J connectivity index is -0.0000000720. The van der Waals surface area contributed by atoms with Gasteiger partial charge in [0.25, 0.3) is 0 Å². The van der Waals surface area contributed by atoms with E-state index in [-0.39, 0.29) is 42.1 Å². The van der Waals surface area contributed by atoms with Crippen LogP contribution >= 0.6 is 0 Å². The van der Waals surface area contributed by atoms with E-state index in [0.29, 0.717) is 0 Å². The zero-order valence-electron chi connectivity index (χ0n) is 3.77. The second-order valence-corrected chi connectivity index (χ2v) is 1.12. The summed E-state index contributed by atoms with van der Waals surface area (Å²) in [4.78, 5) is 31.9. The van der Waals surface area contributed by atoms with Crippen molar-refractivity contribution in [1.29, 1.82) is 0 Å². The molecule has 0 bridgehead atoms. The van der Waals surface area contributed by atoms with Gasteiger partial charge in [0.2, 0.25) is 0 Å². The fourth-order valence-electron chi connectivity index (χ4n) is 0. The van der Waals surface area contributed by atoms with Crippen LogP contribution in [0.5, 0.6) is 0 Å². The van der Waals surface area contributed by atoms with Gasteiger partial charge in [0.15, 0.2) is 12.6 Å². The van der Waals surface area contributed by atoms with Crippen molar-refractivity contribution in [2.24, 2.45) is 0 Å². The second kappa shape index (κ2) is 15.7. The van der Waals surface area contributed by atoms with Crippen LogP contribution in [0.1, 0.15) is 0 Å². The van der Waals surface area contributed by atoms with E-state index in [2.05, 4.69) is 0 Å². The molecule has 0 spiro atoms. The summed E-state index contributed by atoms with van der Waals surface area (Å²) in [5.41, 5.74) is 0. The summed E-state index contributed by atoms with van der Waals surface area (Å²) in [5.74, 6) is 0. The molecule has 0 aliphatic carbocycles. The molecule has 0 rings (SSSR count). The van der Waals surface area contributed by atoms with Crippen LogP contribution in [0.15, 0.2) is 0 Å². The zero-order valence-corrected chi connectivity index (χ0v) is 4.77. The van der Waals surface area contributed by atoms with Gasteiger partial charge in [-0.1, -0.05) is 0 Å². The van der Waals surface area contributed by atoms with Gasteiger partial charge < -0.3 is 9.59 Å². The third kappa shape index (κ3) is 308. The van der Waals surface area contributed by atoms with Crippen LogP contribution in [0.25, 0.3) is 0 Å². The van der Waals surface area contributed by atoms with Gasteiger partial charge in [-0.15, -0.1) is 0 Å². The average molecular weight is 160 g/mol. The van der Waals surface area contributed by atoms with Crippen LogP contribution in [-0.2, 0) is 14.1 Å². The molecule has 0 saturated heterocycles. The van der Waals surface area contributed by atoms with E-state index in [1.165, 1.54) is 0 Å². The van der Waals surface area contributed by atoms with Crippen LogP contribution in [0.2, 0.25) is 0 Å². The van der Waals surface area contributed by atoms with Crippen LogP contribution in [0.4, 0.5) is 0 Å². The first-order valence-electron chi connectivity index (χ1n) is 1.46. The van der Waals surface area contributed by atoms with Crippen molar-refractivity contribution >= 4 is 51.3 Å². The molecule has 2 N–H and O–H groups in total. The van der Waals surface area contributed by atoms with E-state index in [0.717, 1.165) is 0 Å². The number of carbonyl (C=O) groups is 2. The molecule has 0 atom stereocenters. The van der Waals surface area contributed by atoms with Gasteiger partial charge in [-0.05, 0) is 0 Å². The Hall–Kier alpha value is -0.0431. The molecule has 0 radical (unpaired) electrons. The van der Waals surface area contributed by atoms with E-state index >= 15 is 0 Å². The van der Waals surface area contributed by atoms with Gasteiger partial charge in [-0.3, -0.25) is 14.1 Å². The van der Waals surface area contributed by atoms with E-state index in [1.807, 2.05) is 0 Å². The Morgan fingerprint density at radius 3 is 1.22 bits per heavy atom. The molecular formula is C2H5NaO5Si. The second-order valence-electron chi connectivity index (χ2n) is 0.555. The fraction of sp³-hybridized carbons (Fsp3) is 0. The Labute approximate surface area is 74.9 Å². The van der Waals surface area contributed by atoms with E-state index < -0.39 is 9.17 Å². The summed E-state index contributed by atoms with van der Waals surface area (Å²) in [6, 6.07) is 0. The van der Waals surface area contributed by atoms with Crippen molar-refractivity contribution < 1.29 is 23.6 Å². The van der Waals surface area contributed by atoms with Gasteiger partial charge in [0, 0.05) is 0 Å². The zero-order chi connectivity index (χ0) is 6.99. The standard InChI is InChI=1S/C2H2O2.Na.H2O3Si.H/c3-1-2-4;;1-4(2)3;/h1-2H;;1-2H;. The first kappa shape index (κ1) is 16.0. The monoisotopic (exact) mass is 160 g/mol. The van der Waals surface area contributed by atoms with Gasteiger partial charge in [-0.2, -0.15) is 0 Å². The number of aldehydes is 2. The molecule has 0 aliphatic rings. The summed E-state index contributed by atoms with van der Waals surface area (Å²) >= 11 is 0. The molecule has 0 heterocycles. The predicted molar refractivity (Wildman–Crippen MR) is 30.2 cm³/mol. The first-order chi connectivity index (χ1) is 3.65. The van der Waals surface area contributed by atoms with Gasteiger partial charge in [-0.25, -0.2) is 0 Å². The summed E-state index contributed by atoms with van der Waals surface area (Å²) < 4.78 is 8.74. The number of hydrogen-bond acceptors (Lipinski definition) is 3. The molecule has 7 heteroatoms. The molecular weight excluding hydrogens is 155 g/mol. The molecule has 0 unspecified atom stereocenters. The minimum absolute atomic E-state index is 0. The average Bonchev–Trinajstić information content (AvgIpc) is 1.65. The predicted octanol–water partition coefficient (Wildman–Crippen LogP) is -2.88. The Bertz CT molecular complexity index is 83.0. The van der Waals surface area contributed by atoms with Gasteiger partial charge in [0.1, 0.15) is 0 Å². The normalized spacial score (nSPS) is 4.89. The van der Waals surface area contributed by atoms with Crippen molar-refractivity contribution in [2.75, 3.05) is 0 Å². The molecule has 9 heavy (non-hydrogen) atoms. The number of carbonyl (C=O) groups excluding carboxylic acids is 2. The Morgan fingerprint density at radius 2 is 1.22 bits per heavy atom. The van der Waals surface area contributed by atoms with E-state index in [1.54, 1.807) is 0 Å². The third-order valence-electron chi connectivity index (χ3n) is 0.0556. The topological polar surface area (TPSA) is 91.7 Å². The SMILES string of the molecule is O=CC=O.O=[Si](O)O.[NaH]. The number of rotatable bonds is 1. The molecule has 0 fully saturated rings. The Kier molecular flexibility index (Phi) is 27.8. The fourth-order valence-corrected chi connectivity index (χ4v) is 0. The molecule has 0 aromatic rings. The van der Waals surface area contributed by atoms with Gasteiger partial charge >= 0.3 is 38.7 Å². The van der Waals surface area contributed by atoms with Crippen molar-refractivity contribution in [3.05, 3.63) is 0 Å². The van der Waals surface area contributed by atoms with Crippen LogP contribution in [-0.4, -0.2) is 60.9 Å². The van der Waals surface area contributed by atoms with E-state index in [4.69, 9.17) is 23.6 Å².